The maximum Gasteiger partial charge on any atom is 0.453 e. The monoisotopic (exact) mass is 362 g/mol. The van der Waals surface area contributed by atoms with Crippen LogP contribution in [0.4, 0.5) is 0 Å². The second-order valence-corrected chi connectivity index (χ2v) is 17.1. The molecule has 0 aliphatic carbocycles. The maximum absolute atomic E-state index is 6.48. The number of ether oxygens (including phenoxy) is 2. The van der Waals surface area contributed by atoms with E-state index in [9.17, 15) is 0 Å². The van der Waals surface area contributed by atoms with Crippen molar-refractivity contribution >= 4 is 23.8 Å². The van der Waals surface area contributed by atoms with Crippen molar-refractivity contribution in [2.75, 3.05) is 13.7 Å². The summed E-state index contributed by atoms with van der Waals surface area (Å²) in [4.78, 5) is 0. The van der Waals surface area contributed by atoms with Gasteiger partial charge in [-0.1, -0.05) is 0 Å². The van der Waals surface area contributed by atoms with Gasteiger partial charge in [-0.25, -0.2) is 0 Å². The van der Waals surface area contributed by atoms with E-state index in [4.69, 9.17) is 27.6 Å². The van der Waals surface area contributed by atoms with E-state index in [2.05, 4.69) is 39.3 Å². The molecular formula is C14H31BO6Si2. The highest BCUT2D eigenvalue weighted by Crippen LogP contribution is 2.34. The summed E-state index contributed by atoms with van der Waals surface area (Å²) in [5.41, 5.74) is 0. The molecule has 0 aromatic heterocycles. The fourth-order valence-corrected chi connectivity index (χ4v) is 5.08. The van der Waals surface area contributed by atoms with E-state index in [0.717, 1.165) is 0 Å². The quantitative estimate of drug-likeness (QED) is 0.700. The third kappa shape index (κ3) is 5.37. The Morgan fingerprint density at radius 1 is 0.957 bits per heavy atom. The molecule has 9 heteroatoms. The Bertz CT molecular complexity index is 400. The Labute approximate surface area is 142 Å². The predicted molar refractivity (Wildman–Crippen MR) is 94.6 cm³/mol. The second-order valence-electron chi connectivity index (χ2n) is 8.17. The Kier molecular flexibility index (Phi) is 6.17. The summed E-state index contributed by atoms with van der Waals surface area (Å²) in [5.74, 6) is 0. The summed E-state index contributed by atoms with van der Waals surface area (Å²) >= 11 is 0. The minimum atomic E-state index is -1.80. The minimum absolute atomic E-state index is 0.195. The van der Waals surface area contributed by atoms with Crippen molar-refractivity contribution in [3.05, 3.63) is 0 Å². The third-order valence-electron chi connectivity index (χ3n) is 3.65. The molecule has 0 aromatic carbocycles. The highest BCUT2D eigenvalue weighted by Gasteiger charge is 2.52. The first kappa shape index (κ1) is 19.6. The molecule has 5 atom stereocenters. The molecule has 2 rings (SSSR count). The van der Waals surface area contributed by atoms with Gasteiger partial charge in [0.15, 0.2) is 22.9 Å². The van der Waals surface area contributed by atoms with E-state index < -0.39 is 22.9 Å². The van der Waals surface area contributed by atoms with Crippen molar-refractivity contribution in [2.45, 2.75) is 76.8 Å². The normalized spacial score (nSPS) is 36.0. The Morgan fingerprint density at radius 3 is 2.04 bits per heavy atom. The maximum atomic E-state index is 6.48. The van der Waals surface area contributed by atoms with Crippen molar-refractivity contribution in [1.29, 1.82) is 0 Å². The number of rotatable bonds is 5. The van der Waals surface area contributed by atoms with Crippen molar-refractivity contribution < 1.29 is 27.6 Å². The second kappa shape index (κ2) is 7.25. The molecule has 0 N–H and O–H groups in total. The van der Waals surface area contributed by atoms with E-state index in [-0.39, 0.29) is 31.5 Å². The summed E-state index contributed by atoms with van der Waals surface area (Å²) in [6.07, 6.45) is -1.35. The highest BCUT2D eigenvalue weighted by atomic mass is 28.4. The molecule has 0 saturated carbocycles. The molecule has 0 amide bonds. The highest BCUT2D eigenvalue weighted by molar-refractivity contribution is 6.70. The molecule has 6 nitrogen and oxygen atoms in total. The topological polar surface area (TPSA) is 55.4 Å². The minimum Gasteiger partial charge on any atom is -0.409 e. The number of methoxy groups -OCH3 is 1. The van der Waals surface area contributed by atoms with E-state index in [0.29, 0.717) is 6.61 Å². The molecule has 0 radical (unpaired) electrons. The number of hydrogen-bond acceptors (Lipinski definition) is 6. The first-order chi connectivity index (χ1) is 10.5. The van der Waals surface area contributed by atoms with Gasteiger partial charge in [0.1, 0.15) is 18.3 Å². The van der Waals surface area contributed by atoms with Gasteiger partial charge in [0.25, 0.3) is 0 Å². The Balaban J connectivity index is 2.29. The molecule has 0 spiro atoms. The molecule has 134 valence electrons. The van der Waals surface area contributed by atoms with E-state index in [1.54, 1.807) is 7.11 Å². The molecule has 0 aromatic rings. The molecule has 2 aliphatic rings. The predicted octanol–water partition coefficient (Wildman–Crippen LogP) is 2.33. The van der Waals surface area contributed by atoms with Crippen molar-refractivity contribution in [1.82, 2.24) is 0 Å². The number of hydrogen-bond donors (Lipinski definition) is 0. The lowest BCUT2D eigenvalue weighted by atomic mass is 9.88. The van der Waals surface area contributed by atoms with E-state index >= 15 is 0 Å². The molecule has 2 heterocycles. The zero-order chi connectivity index (χ0) is 17.4. The van der Waals surface area contributed by atoms with Crippen LogP contribution in [0.5, 0.6) is 0 Å². The first-order valence-electron chi connectivity index (χ1n) is 8.31. The van der Waals surface area contributed by atoms with Crippen LogP contribution in [0.3, 0.4) is 0 Å². The lowest BCUT2D eigenvalue weighted by molar-refractivity contribution is -0.292. The van der Waals surface area contributed by atoms with Gasteiger partial charge in [0, 0.05) is 7.11 Å². The summed E-state index contributed by atoms with van der Waals surface area (Å²) in [5, 5.41) is 0. The Hall–Kier alpha value is 0.259. The summed E-state index contributed by atoms with van der Waals surface area (Å²) < 4.78 is 36.1. The molecule has 2 aliphatic heterocycles. The first-order valence-corrected chi connectivity index (χ1v) is 15.1. The van der Waals surface area contributed by atoms with Crippen molar-refractivity contribution in [3.63, 3.8) is 0 Å². The van der Waals surface area contributed by atoms with Crippen LogP contribution >= 0.6 is 0 Å². The van der Waals surface area contributed by atoms with E-state index in [1.807, 2.05) is 6.82 Å². The molecular weight excluding hydrogens is 331 g/mol. The van der Waals surface area contributed by atoms with Gasteiger partial charge in [-0.2, -0.15) is 0 Å². The van der Waals surface area contributed by atoms with Gasteiger partial charge in [0.05, 0.1) is 12.7 Å². The van der Waals surface area contributed by atoms with Crippen molar-refractivity contribution in [3.8, 4) is 0 Å². The van der Waals surface area contributed by atoms with Crippen LogP contribution in [0.1, 0.15) is 0 Å². The van der Waals surface area contributed by atoms with Gasteiger partial charge in [0.2, 0.25) is 0 Å². The van der Waals surface area contributed by atoms with Gasteiger partial charge in [-0.15, -0.1) is 0 Å². The lowest BCUT2D eigenvalue weighted by Gasteiger charge is -2.51. The average molecular weight is 362 g/mol. The van der Waals surface area contributed by atoms with Gasteiger partial charge < -0.3 is 27.6 Å². The summed E-state index contributed by atoms with van der Waals surface area (Å²) in [7, 11) is -2.23. The zero-order valence-corrected chi connectivity index (χ0v) is 17.6. The van der Waals surface area contributed by atoms with Crippen LogP contribution in [0.15, 0.2) is 0 Å². The smallest absolute Gasteiger partial charge is 0.409 e. The van der Waals surface area contributed by atoms with Crippen molar-refractivity contribution in [2.24, 2.45) is 0 Å². The average Bonchev–Trinajstić information content (AvgIpc) is 2.38. The largest absolute Gasteiger partial charge is 0.453 e. The fraction of sp³-hybridized carbons (Fsp3) is 1.00. The standard InChI is InChI=1S/C14H31BO6Si2/c1-15-17-9-10-11(19-15)12(20-22(3,4)5)13(14(16-2)18-10)21-23(6,7)8/h10-14H,9H2,1-8H3/t10-,11+,12+,13-,14-/m1/s1. The molecule has 0 bridgehead atoms. The third-order valence-corrected chi connectivity index (χ3v) is 5.61. The zero-order valence-electron chi connectivity index (χ0n) is 15.6. The van der Waals surface area contributed by atoms with Crippen LogP contribution in [-0.4, -0.2) is 68.2 Å². The van der Waals surface area contributed by atoms with Crippen LogP contribution in [0.25, 0.3) is 0 Å². The van der Waals surface area contributed by atoms with Crippen LogP contribution in [0, 0.1) is 0 Å². The molecule has 0 unspecified atom stereocenters. The molecule has 2 fully saturated rings. The van der Waals surface area contributed by atoms with Gasteiger partial charge in [-0.3, -0.25) is 0 Å². The summed E-state index contributed by atoms with van der Waals surface area (Å²) in [6, 6.07) is 0. The molecule has 2 saturated heterocycles. The summed E-state index contributed by atoms with van der Waals surface area (Å²) in [6.45, 7) is 15.4. The Morgan fingerprint density at radius 2 is 1.52 bits per heavy atom. The fourth-order valence-electron chi connectivity index (χ4n) is 2.93. The lowest BCUT2D eigenvalue weighted by Crippen LogP contribution is -2.67. The van der Waals surface area contributed by atoms with Gasteiger partial charge >= 0.3 is 7.12 Å². The SMILES string of the molecule is CO[C@@H]1O[C@@H]2COB(C)O[C@@H]2[C@H](O[Si](C)(C)C)[C@H]1O[Si](C)(C)C. The van der Waals surface area contributed by atoms with Crippen LogP contribution < -0.4 is 0 Å². The van der Waals surface area contributed by atoms with Gasteiger partial charge in [-0.05, 0) is 46.1 Å². The van der Waals surface area contributed by atoms with Crippen LogP contribution in [-0.2, 0) is 27.6 Å². The molecule has 23 heavy (non-hydrogen) atoms. The number of fused-ring (bicyclic) bond motifs is 1. The van der Waals surface area contributed by atoms with E-state index in [1.165, 1.54) is 0 Å². The van der Waals surface area contributed by atoms with Crippen LogP contribution in [0.2, 0.25) is 46.1 Å².